The van der Waals surface area contributed by atoms with Crippen LogP contribution in [0.15, 0.2) is 30.3 Å². The molecule has 1 aromatic carbocycles. The topological polar surface area (TPSA) is 52.6 Å². The molecule has 0 radical (unpaired) electrons. The van der Waals surface area contributed by atoms with Crippen LogP contribution >= 0.6 is 0 Å². The number of benzene rings is 1. The third-order valence-electron chi connectivity index (χ3n) is 4.73. The molecule has 2 rings (SSSR count). The Balaban J connectivity index is 0.000000262. The standard InChI is InChI=1S/C12H24O2.C10H14N2/c1-2-3-4-5-6-7-8-9-10-11-12(13)14;1-2-4-10(5-3-1)12-8-6-11-7-9-12/h2-11H2,1H3,(H,13,14);1-5,11H,6-9H2. The summed E-state index contributed by atoms with van der Waals surface area (Å²) in [5.74, 6) is -0.659. The maximum Gasteiger partial charge on any atom is 0.303 e. The quantitative estimate of drug-likeness (QED) is 0.539. The van der Waals surface area contributed by atoms with Crippen molar-refractivity contribution in [1.82, 2.24) is 5.32 Å². The minimum Gasteiger partial charge on any atom is -0.481 e. The van der Waals surface area contributed by atoms with Crippen molar-refractivity contribution in [2.45, 2.75) is 71.1 Å². The summed E-state index contributed by atoms with van der Waals surface area (Å²) in [6.07, 6.45) is 11.5. The smallest absolute Gasteiger partial charge is 0.303 e. The number of unbranched alkanes of at least 4 members (excludes halogenated alkanes) is 8. The average Bonchev–Trinajstić information content (AvgIpc) is 2.68. The van der Waals surface area contributed by atoms with Gasteiger partial charge < -0.3 is 15.3 Å². The van der Waals surface area contributed by atoms with Gasteiger partial charge in [-0.3, -0.25) is 4.79 Å². The van der Waals surface area contributed by atoms with E-state index in [0.717, 1.165) is 39.0 Å². The number of aliphatic carboxylic acids is 1. The van der Waals surface area contributed by atoms with Crippen LogP contribution in [-0.2, 0) is 4.79 Å². The highest BCUT2D eigenvalue weighted by Gasteiger charge is 2.08. The first kappa shape index (κ1) is 22.5. The van der Waals surface area contributed by atoms with Crippen LogP contribution < -0.4 is 10.2 Å². The minimum absolute atomic E-state index is 0.343. The average molecular weight is 363 g/mol. The highest BCUT2D eigenvalue weighted by molar-refractivity contribution is 5.66. The minimum atomic E-state index is -0.659. The second kappa shape index (κ2) is 15.7. The second-order valence-corrected chi connectivity index (χ2v) is 7.04. The Morgan fingerprint density at radius 2 is 1.46 bits per heavy atom. The fourth-order valence-electron chi connectivity index (χ4n) is 3.15. The fraction of sp³-hybridized carbons (Fsp3) is 0.682. The van der Waals surface area contributed by atoms with Crippen LogP contribution in [0.4, 0.5) is 5.69 Å². The summed E-state index contributed by atoms with van der Waals surface area (Å²) in [4.78, 5) is 12.6. The molecule has 1 aliphatic heterocycles. The summed E-state index contributed by atoms with van der Waals surface area (Å²) in [6.45, 7) is 6.70. The van der Waals surface area contributed by atoms with Crippen molar-refractivity contribution < 1.29 is 9.90 Å². The van der Waals surface area contributed by atoms with Crippen LogP contribution in [0.3, 0.4) is 0 Å². The summed E-state index contributed by atoms with van der Waals surface area (Å²) in [5.41, 5.74) is 1.35. The third-order valence-corrected chi connectivity index (χ3v) is 4.73. The Morgan fingerprint density at radius 1 is 0.923 bits per heavy atom. The number of carbonyl (C=O) groups is 1. The van der Waals surface area contributed by atoms with Crippen LogP contribution in [0.25, 0.3) is 0 Å². The van der Waals surface area contributed by atoms with E-state index in [-0.39, 0.29) is 0 Å². The van der Waals surface area contributed by atoms with Gasteiger partial charge in [0.15, 0.2) is 0 Å². The molecule has 1 saturated heterocycles. The Bertz CT molecular complexity index is 445. The highest BCUT2D eigenvalue weighted by atomic mass is 16.4. The zero-order valence-corrected chi connectivity index (χ0v) is 16.6. The van der Waals surface area contributed by atoms with Crippen molar-refractivity contribution in [3.8, 4) is 0 Å². The number of para-hydroxylation sites is 1. The van der Waals surface area contributed by atoms with E-state index in [9.17, 15) is 4.79 Å². The number of hydrogen-bond donors (Lipinski definition) is 2. The maximum atomic E-state index is 10.2. The van der Waals surface area contributed by atoms with Crippen LogP contribution in [0, 0.1) is 0 Å². The van der Waals surface area contributed by atoms with Crippen molar-refractivity contribution in [2.24, 2.45) is 0 Å². The predicted molar refractivity (Wildman–Crippen MR) is 111 cm³/mol. The lowest BCUT2D eigenvalue weighted by atomic mass is 10.1. The van der Waals surface area contributed by atoms with E-state index in [0.29, 0.717) is 6.42 Å². The van der Waals surface area contributed by atoms with Crippen LogP contribution in [-0.4, -0.2) is 37.3 Å². The predicted octanol–water partition coefficient (Wildman–Crippen LogP) is 5.09. The van der Waals surface area contributed by atoms with Crippen molar-refractivity contribution in [3.63, 3.8) is 0 Å². The normalized spacial score (nSPS) is 13.8. The molecule has 0 bridgehead atoms. The molecule has 1 fully saturated rings. The number of nitrogens with zero attached hydrogens (tertiary/aromatic N) is 1. The lowest BCUT2D eigenvalue weighted by Crippen LogP contribution is -2.43. The van der Waals surface area contributed by atoms with Gasteiger partial charge in [0.1, 0.15) is 0 Å². The molecule has 0 amide bonds. The largest absolute Gasteiger partial charge is 0.481 e. The molecule has 0 aromatic heterocycles. The SMILES string of the molecule is CCCCCCCCCCCC(=O)O.c1ccc(N2CCNCC2)cc1. The second-order valence-electron chi connectivity index (χ2n) is 7.04. The van der Waals surface area contributed by atoms with Gasteiger partial charge in [-0.2, -0.15) is 0 Å². The van der Waals surface area contributed by atoms with E-state index in [2.05, 4.69) is 47.5 Å². The van der Waals surface area contributed by atoms with Gasteiger partial charge in [-0.05, 0) is 18.6 Å². The van der Waals surface area contributed by atoms with E-state index < -0.39 is 5.97 Å². The van der Waals surface area contributed by atoms with Crippen molar-refractivity contribution in [2.75, 3.05) is 31.1 Å². The first-order valence-electron chi connectivity index (χ1n) is 10.5. The van der Waals surface area contributed by atoms with Gasteiger partial charge in [-0.15, -0.1) is 0 Å². The van der Waals surface area contributed by atoms with E-state index >= 15 is 0 Å². The molecule has 0 spiro atoms. The molecule has 1 aliphatic rings. The Hall–Kier alpha value is -1.55. The maximum absolute atomic E-state index is 10.2. The number of nitrogens with one attached hydrogen (secondary N) is 1. The molecule has 148 valence electrons. The molecule has 26 heavy (non-hydrogen) atoms. The van der Waals surface area contributed by atoms with Crippen molar-refractivity contribution in [3.05, 3.63) is 30.3 Å². The zero-order chi connectivity index (χ0) is 18.9. The monoisotopic (exact) mass is 362 g/mol. The summed E-state index contributed by atoms with van der Waals surface area (Å²) in [6, 6.07) is 10.6. The Kier molecular flexibility index (Phi) is 13.6. The van der Waals surface area contributed by atoms with Gasteiger partial charge in [0.05, 0.1) is 0 Å². The molecule has 0 atom stereocenters. The fourth-order valence-corrected chi connectivity index (χ4v) is 3.15. The molecule has 0 saturated carbocycles. The Labute approximate surface area is 160 Å². The molecule has 1 aromatic rings. The van der Waals surface area contributed by atoms with E-state index in [1.165, 1.54) is 50.6 Å². The lowest BCUT2D eigenvalue weighted by molar-refractivity contribution is -0.137. The van der Waals surface area contributed by atoms with Gasteiger partial charge in [0.2, 0.25) is 0 Å². The third kappa shape index (κ3) is 11.9. The molecule has 0 unspecified atom stereocenters. The number of piperazine rings is 1. The van der Waals surface area contributed by atoms with Crippen LogP contribution in [0.1, 0.15) is 71.1 Å². The van der Waals surface area contributed by atoms with Crippen LogP contribution in [0.5, 0.6) is 0 Å². The summed E-state index contributed by atoms with van der Waals surface area (Å²) < 4.78 is 0. The van der Waals surface area contributed by atoms with Gasteiger partial charge >= 0.3 is 5.97 Å². The molecule has 2 N–H and O–H groups in total. The van der Waals surface area contributed by atoms with Crippen LogP contribution in [0.2, 0.25) is 0 Å². The molecule has 4 nitrogen and oxygen atoms in total. The van der Waals surface area contributed by atoms with Crippen molar-refractivity contribution >= 4 is 11.7 Å². The lowest BCUT2D eigenvalue weighted by Gasteiger charge is -2.29. The molecule has 0 aliphatic carbocycles. The first-order chi connectivity index (χ1) is 12.7. The molecular weight excluding hydrogens is 324 g/mol. The molecular formula is C22H38N2O2. The van der Waals surface area contributed by atoms with E-state index in [1.807, 2.05) is 0 Å². The van der Waals surface area contributed by atoms with E-state index in [1.54, 1.807) is 0 Å². The number of carboxylic acids is 1. The number of carboxylic acid groups (broad SMARTS) is 1. The van der Waals surface area contributed by atoms with Crippen molar-refractivity contribution in [1.29, 1.82) is 0 Å². The van der Waals surface area contributed by atoms with Gasteiger partial charge in [0.25, 0.3) is 0 Å². The zero-order valence-electron chi connectivity index (χ0n) is 16.6. The molecule has 1 heterocycles. The summed E-state index contributed by atoms with van der Waals surface area (Å²) in [5, 5.41) is 11.8. The first-order valence-corrected chi connectivity index (χ1v) is 10.5. The number of hydrogen-bond acceptors (Lipinski definition) is 3. The number of anilines is 1. The van der Waals surface area contributed by atoms with Gasteiger partial charge in [0, 0.05) is 38.3 Å². The van der Waals surface area contributed by atoms with Gasteiger partial charge in [-0.25, -0.2) is 0 Å². The highest BCUT2D eigenvalue weighted by Crippen LogP contribution is 2.13. The van der Waals surface area contributed by atoms with Gasteiger partial charge in [-0.1, -0.05) is 76.5 Å². The summed E-state index contributed by atoms with van der Waals surface area (Å²) in [7, 11) is 0. The van der Waals surface area contributed by atoms with E-state index in [4.69, 9.17) is 5.11 Å². The Morgan fingerprint density at radius 3 is 2.00 bits per heavy atom. The molecule has 4 heteroatoms. The number of rotatable bonds is 11. The summed E-state index contributed by atoms with van der Waals surface area (Å²) >= 11 is 0.